The van der Waals surface area contributed by atoms with Crippen LogP contribution in [0.2, 0.25) is 0 Å². The van der Waals surface area contributed by atoms with Crippen LogP contribution in [0.15, 0.2) is 17.3 Å². The minimum atomic E-state index is 0.236. The summed E-state index contributed by atoms with van der Waals surface area (Å²) in [7, 11) is 0. The second kappa shape index (κ2) is 3.26. The molecule has 0 saturated carbocycles. The lowest BCUT2D eigenvalue weighted by Gasteiger charge is -2.04. The molecular weight excluding hydrogens is 154 g/mol. The highest BCUT2D eigenvalue weighted by molar-refractivity contribution is 5.83. The van der Waals surface area contributed by atoms with Gasteiger partial charge in [-0.3, -0.25) is 0 Å². The maximum absolute atomic E-state index is 9.18. The highest BCUT2D eigenvalue weighted by Crippen LogP contribution is 2.18. The van der Waals surface area contributed by atoms with E-state index >= 15 is 0 Å². The van der Waals surface area contributed by atoms with Crippen molar-refractivity contribution in [1.29, 1.82) is 0 Å². The van der Waals surface area contributed by atoms with Gasteiger partial charge in [-0.15, -0.1) is 0 Å². The molecule has 0 unspecified atom stereocenters. The molecule has 3 heteroatoms. The van der Waals surface area contributed by atoms with E-state index in [0.29, 0.717) is 0 Å². The summed E-state index contributed by atoms with van der Waals surface area (Å²) in [5.41, 5.74) is 2.63. The molecule has 0 bridgehead atoms. The van der Waals surface area contributed by atoms with Crippen LogP contribution in [0.25, 0.3) is 0 Å². The smallest absolute Gasteiger partial charge is 0.116 e. The molecule has 0 fully saturated rings. The average molecular weight is 165 g/mol. The molecule has 3 nitrogen and oxygen atoms in total. The molecular formula is C9H11NO2. The van der Waals surface area contributed by atoms with Crippen LogP contribution in [-0.2, 0) is 0 Å². The number of nitrogens with zero attached hydrogens (tertiary/aromatic N) is 1. The Kier molecular flexibility index (Phi) is 2.33. The van der Waals surface area contributed by atoms with Crippen molar-refractivity contribution in [2.45, 2.75) is 13.8 Å². The Balaban J connectivity index is 3.28. The highest BCUT2D eigenvalue weighted by Gasteiger charge is 2.01. The van der Waals surface area contributed by atoms with Crippen molar-refractivity contribution >= 4 is 6.21 Å². The molecule has 0 atom stereocenters. The number of hydrogen-bond acceptors (Lipinski definition) is 3. The Morgan fingerprint density at radius 1 is 1.25 bits per heavy atom. The number of phenols is 1. The van der Waals surface area contributed by atoms with Gasteiger partial charge < -0.3 is 10.3 Å². The van der Waals surface area contributed by atoms with E-state index in [-0.39, 0.29) is 5.75 Å². The monoisotopic (exact) mass is 165 g/mol. The Bertz CT molecular complexity index is 295. The van der Waals surface area contributed by atoms with Gasteiger partial charge in [-0.05, 0) is 37.1 Å². The molecule has 12 heavy (non-hydrogen) atoms. The molecule has 0 saturated heterocycles. The Morgan fingerprint density at radius 3 is 2.17 bits per heavy atom. The van der Waals surface area contributed by atoms with Gasteiger partial charge in [0.05, 0.1) is 6.21 Å². The molecule has 1 aromatic carbocycles. The molecule has 0 radical (unpaired) electrons. The Hall–Kier alpha value is -1.51. The van der Waals surface area contributed by atoms with Crippen LogP contribution in [-0.4, -0.2) is 16.5 Å². The fourth-order valence-electron chi connectivity index (χ4n) is 1.21. The molecule has 0 aromatic heterocycles. The summed E-state index contributed by atoms with van der Waals surface area (Å²) in [6.45, 7) is 3.70. The van der Waals surface area contributed by atoms with Crippen LogP contribution in [0.4, 0.5) is 0 Å². The fraction of sp³-hybridized carbons (Fsp3) is 0.222. The number of oxime groups is 1. The van der Waals surface area contributed by atoms with Crippen molar-refractivity contribution in [2.75, 3.05) is 0 Å². The van der Waals surface area contributed by atoms with Crippen LogP contribution >= 0.6 is 0 Å². The standard InChI is InChI=1S/C9H11NO2/c1-6-3-8(11)4-7(2)9(6)5-10-12/h3-5,11-12H,1-2H3/b10-5+. The summed E-state index contributed by atoms with van der Waals surface area (Å²) in [6.07, 6.45) is 1.37. The summed E-state index contributed by atoms with van der Waals surface area (Å²) in [4.78, 5) is 0. The Morgan fingerprint density at radius 2 is 1.75 bits per heavy atom. The second-order valence-electron chi connectivity index (χ2n) is 2.74. The van der Waals surface area contributed by atoms with Crippen LogP contribution < -0.4 is 0 Å². The lowest BCUT2D eigenvalue weighted by atomic mass is 10.0. The van der Waals surface area contributed by atoms with Gasteiger partial charge in [0, 0.05) is 5.56 Å². The second-order valence-corrected chi connectivity index (χ2v) is 2.74. The summed E-state index contributed by atoms with van der Waals surface area (Å²) in [5, 5.41) is 20.5. The molecule has 0 amide bonds. The minimum absolute atomic E-state index is 0.236. The van der Waals surface area contributed by atoms with Crippen LogP contribution in [0.5, 0.6) is 5.75 Å². The van der Waals surface area contributed by atoms with E-state index in [1.807, 2.05) is 13.8 Å². The van der Waals surface area contributed by atoms with Crippen molar-refractivity contribution in [1.82, 2.24) is 0 Å². The van der Waals surface area contributed by atoms with E-state index in [1.165, 1.54) is 6.21 Å². The van der Waals surface area contributed by atoms with Crippen molar-refractivity contribution in [3.05, 3.63) is 28.8 Å². The van der Waals surface area contributed by atoms with Crippen LogP contribution in [0.1, 0.15) is 16.7 Å². The summed E-state index contributed by atoms with van der Waals surface area (Å²) >= 11 is 0. The van der Waals surface area contributed by atoms with E-state index in [0.717, 1.165) is 16.7 Å². The predicted octanol–water partition coefficient (Wildman–Crippen LogP) is 1.82. The van der Waals surface area contributed by atoms with Crippen LogP contribution in [0.3, 0.4) is 0 Å². The van der Waals surface area contributed by atoms with Gasteiger partial charge in [-0.1, -0.05) is 5.16 Å². The normalized spacial score (nSPS) is 10.8. The number of benzene rings is 1. The van der Waals surface area contributed by atoms with Gasteiger partial charge in [-0.2, -0.15) is 0 Å². The highest BCUT2D eigenvalue weighted by atomic mass is 16.4. The van der Waals surface area contributed by atoms with Crippen molar-refractivity contribution in [2.24, 2.45) is 5.16 Å². The molecule has 0 aliphatic heterocycles. The molecule has 0 aliphatic carbocycles. The predicted molar refractivity (Wildman–Crippen MR) is 47.0 cm³/mol. The number of rotatable bonds is 1. The van der Waals surface area contributed by atoms with Crippen molar-refractivity contribution in [3.63, 3.8) is 0 Å². The maximum atomic E-state index is 9.18. The first-order valence-corrected chi connectivity index (χ1v) is 3.63. The zero-order chi connectivity index (χ0) is 9.14. The lowest BCUT2D eigenvalue weighted by Crippen LogP contribution is -1.91. The zero-order valence-electron chi connectivity index (χ0n) is 7.07. The minimum Gasteiger partial charge on any atom is -0.508 e. The van der Waals surface area contributed by atoms with Gasteiger partial charge in [0.2, 0.25) is 0 Å². The quantitative estimate of drug-likeness (QED) is 0.379. The van der Waals surface area contributed by atoms with Gasteiger partial charge in [0.25, 0.3) is 0 Å². The van der Waals surface area contributed by atoms with Crippen molar-refractivity contribution < 1.29 is 10.3 Å². The third kappa shape index (κ3) is 1.56. The van der Waals surface area contributed by atoms with Gasteiger partial charge >= 0.3 is 0 Å². The largest absolute Gasteiger partial charge is 0.508 e. The van der Waals surface area contributed by atoms with Gasteiger partial charge in [0.15, 0.2) is 0 Å². The van der Waals surface area contributed by atoms with Gasteiger partial charge in [-0.25, -0.2) is 0 Å². The average Bonchev–Trinajstić information content (AvgIpc) is 1.96. The van der Waals surface area contributed by atoms with Crippen LogP contribution in [0, 0.1) is 13.8 Å². The van der Waals surface area contributed by atoms with E-state index in [9.17, 15) is 5.11 Å². The molecule has 2 N–H and O–H groups in total. The number of phenolic OH excluding ortho intramolecular Hbond substituents is 1. The topological polar surface area (TPSA) is 52.8 Å². The van der Waals surface area contributed by atoms with E-state index in [1.54, 1.807) is 12.1 Å². The van der Waals surface area contributed by atoms with E-state index in [2.05, 4.69) is 5.16 Å². The van der Waals surface area contributed by atoms with E-state index in [4.69, 9.17) is 5.21 Å². The molecule has 1 aromatic rings. The molecule has 0 heterocycles. The molecule has 1 rings (SSSR count). The summed E-state index contributed by atoms with van der Waals surface area (Å²) < 4.78 is 0. The molecule has 0 aliphatic rings. The van der Waals surface area contributed by atoms with Gasteiger partial charge in [0.1, 0.15) is 5.75 Å². The SMILES string of the molecule is Cc1cc(O)cc(C)c1/C=N/O. The summed E-state index contributed by atoms with van der Waals surface area (Å²) in [5.74, 6) is 0.236. The van der Waals surface area contributed by atoms with Crippen molar-refractivity contribution in [3.8, 4) is 5.75 Å². The first-order chi connectivity index (χ1) is 5.65. The first-order valence-electron chi connectivity index (χ1n) is 3.63. The third-order valence-electron chi connectivity index (χ3n) is 1.77. The fourth-order valence-corrected chi connectivity index (χ4v) is 1.21. The maximum Gasteiger partial charge on any atom is 0.116 e. The number of aromatic hydroxyl groups is 1. The molecule has 0 spiro atoms. The Labute approximate surface area is 71.0 Å². The molecule has 64 valence electrons. The third-order valence-corrected chi connectivity index (χ3v) is 1.77. The van der Waals surface area contributed by atoms with E-state index < -0.39 is 0 Å². The number of aryl methyl sites for hydroxylation is 2. The first kappa shape index (κ1) is 8.59. The summed E-state index contributed by atoms with van der Waals surface area (Å²) in [6, 6.07) is 3.26. The number of hydrogen-bond donors (Lipinski definition) is 2. The lowest BCUT2D eigenvalue weighted by molar-refractivity contribution is 0.322. The zero-order valence-corrected chi connectivity index (χ0v) is 7.07.